The van der Waals surface area contributed by atoms with E-state index in [-0.39, 0.29) is 11.9 Å². The Morgan fingerprint density at radius 2 is 2.35 bits per heavy atom. The summed E-state index contributed by atoms with van der Waals surface area (Å²) in [7, 11) is 1.47. The molecule has 106 valence electrons. The fourth-order valence-corrected chi connectivity index (χ4v) is 2.14. The molecule has 0 aliphatic heterocycles. The molecule has 2 rings (SSSR count). The van der Waals surface area contributed by atoms with Crippen molar-refractivity contribution in [3.05, 3.63) is 17.5 Å². The normalized spacial score (nSPS) is 14.1. The average Bonchev–Trinajstić information content (AvgIpc) is 2.84. The van der Waals surface area contributed by atoms with E-state index in [9.17, 15) is 5.11 Å². The topological polar surface area (TPSA) is 86.2 Å². The van der Waals surface area contributed by atoms with Crippen LogP contribution in [0.3, 0.4) is 0 Å². The molecular weight excluding hydrogens is 280 g/mol. The van der Waals surface area contributed by atoms with Gasteiger partial charge < -0.3 is 20.1 Å². The first kappa shape index (κ1) is 14.6. The lowest BCUT2D eigenvalue weighted by Crippen LogP contribution is -2.35. The molecule has 1 unspecified atom stereocenters. The third-order valence-corrected chi connectivity index (χ3v) is 3.46. The van der Waals surface area contributed by atoms with Crippen molar-refractivity contribution < 1.29 is 9.84 Å². The van der Waals surface area contributed by atoms with Gasteiger partial charge in [0.15, 0.2) is 5.60 Å². The minimum Gasteiger partial charge on any atom is -0.392 e. The maximum atomic E-state index is 9.36. The number of nitrogen functional groups attached to an aromatic ring is 1. The fraction of sp³-hybridized carbons (Fsp3) is 0.385. The summed E-state index contributed by atoms with van der Waals surface area (Å²) in [6.45, 7) is 0.256. The van der Waals surface area contributed by atoms with E-state index < -0.39 is 5.60 Å². The van der Waals surface area contributed by atoms with Gasteiger partial charge in [-0.15, -0.1) is 6.42 Å². The van der Waals surface area contributed by atoms with Crippen LogP contribution in [0.1, 0.15) is 6.42 Å². The number of rotatable bonds is 5. The predicted octanol–water partition coefficient (Wildman–Crippen LogP) is 1.07. The summed E-state index contributed by atoms with van der Waals surface area (Å²) < 4.78 is 7.06. The Morgan fingerprint density at radius 1 is 1.60 bits per heavy atom. The van der Waals surface area contributed by atoms with Crippen molar-refractivity contribution in [3.8, 4) is 12.3 Å². The van der Waals surface area contributed by atoms with E-state index in [1.807, 2.05) is 16.8 Å². The molecule has 2 heterocycles. The van der Waals surface area contributed by atoms with Gasteiger partial charge in [0.2, 0.25) is 5.28 Å². The molecule has 0 saturated carbocycles. The van der Waals surface area contributed by atoms with Crippen LogP contribution in [0.4, 0.5) is 5.82 Å². The Balaban J connectivity index is 2.29. The van der Waals surface area contributed by atoms with Gasteiger partial charge in [-0.2, -0.15) is 4.98 Å². The summed E-state index contributed by atoms with van der Waals surface area (Å²) in [6.07, 6.45) is 7.67. The maximum absolute atomic E-state index is 9.36. The van der Waals surface area contributed by atoms with Crippen LogP contribution in [0.15, 0.2) is 12.3 Å². The van der Waals surface area contributed by atoms with Crippen molar-refractivity contribution in [1.29, 1.82) is 0 Å². The summed E-state index contributed by atoms with van der Waals surface area (Å²) in [6, 6.07) is 1.81. The molecule has 7 heteroatoms. The molecule has 2 aromatic rings. The molecule has 0 saturated heterocycles. The number of nitrogens with zero attached hydrogens (tertiary/aromatic N) is 3. The van der Waals surface area contributed by atoms with Crippen LogP contribution < -0.4 is 5.73 Å². The lowest BCUT2D eigenvalue weighted by molar-refractivity contribution is -0.0147. The molecular formula is C13H15ClN4O2. The molecule has 0 bridgehead atoms. The number of ether oxygens (including phenoxy) is 1. The molecule has 3 N–H and O–H groups in total. The highest BCUT2D eigenvalue weighted by molar-refractivity contribution is 6.28. The third-order valence-electron chi connectivity index (χ3n) is 3.29. The van der Waals surface area contributed by atoms with Crippen molar-refractivity contribution in [2.24, 2.45) is 0 Å². The van der Waals surface area contributed by atoms with E-state index in [1.54, 1.807) is 0 Å². The number of terminal acetylenes is 1. The number of aromatic nitrogens is 3. The number of aliphatic hydroxyl groups excluding tert-OH is 1. The molecule has 0 spiro atoms. The van der Waals surface area contributed by atoms with E-state index >= 15 is 0 Å². The van der Waals surface area contributed by atoms with E-state index in [1.165, 1.54) is 7.11 Å². The summed E-state index contributed by atoms with van der Waals surface area (Å²) in [5, 5.41) is 10.2. The number of hydrogen-bond acceptors (Lipinski definition) is 5. The fourth-order valence-electron chi connectivity index (χ4n) is 1.96. The van der Waals surface area contributed by atoms with Gasteiger partial charge in [0.25, 0.3) is 0 Å². The van der Waals surface area contributed by atoms with E-state index in [0.717, 1.165) is 5.39 Å². The highest BCUT2D eigenvalue weighted by Crippen LogP contribution is 2.22. The molecule has 6 nitrogen and oxygen atoms in total. The lowest BCUT2D eigenvalue weighted by Gasteiger charge is -2.24. The van der Waals surface area contributed by atoms with Gasteiger partial charge in [-0.25, -0.2) is 4.98 Å². The second-order valence-electron chi connectivity index (χ2n) is 4.38. The smallest absolute Gasteiger partial charge is 0.226 e. The van der Waals surface area contributed by atoms with E-state index in [2.05, 4.69) is 15.9 Å². The second kappa shape index (κ2) is 5.67. The van der Waals surface area contributed by atoms with Crippen molar-refractivity contribution >= 4 is 28.5 Å². The highest BCUT2D eigenvalue weighted by Gasteiger charge is 2.26. The van der Waals surface area contributed by atoms with Crippen molar-refractivity contribution in [1.82, 2.24) is 14.5 Å². The van der Waals surface area contributed by atoms with Gasteiger partial charge in [0.05, 0.1) is 12.0 Å². The average molecular weight is 295 g/mol. The summed E-state index contributed by atoms with van der Waals surface area (Å²) in [4.78, 5) is 8.05. The van der Waals surface area contributed by atoms with Gasteiger partial charge >= 0.3 is 0 Å². The number of fused-ring (bicyclic) bond motifs is 1. The first-order valence-corrected chi connectivity index (χ1v) is 6.34. The summed E-state index contributed by atoms with van der Waals surface area (Å²) in [5.41, 5.74) is 5.41. The molecule has 0 fully saturated rings. The number of anilines is 1. The van der Waals surface area contributed by atoms with Crippen LogP contribution >= 0.6 is 11.6 Å². The summed E-state index contributed by atoms with van der Waals surface area (Å²) >= 11 is 5.81. The van der Waals surface area contributed by atoms with Gasteiger partial charge in [-0.05, 0) is 17.7 Å². The van der Waals surface area contributed by atoms with Crippen molar-refractivity contribution in [3.63, 3.8) is 0 Å². The number of nitrogens with two attached hydrogens (primary N) is 1. The number of halogens is 1. The van der Waals surface area contributed by atoms with Crippen LogP contribution in [0.5, 0.6) is 0 Å². The number of aryl methyl sites for hydroxylation is 1. The van der Waals surface area contributed by atoms with Gasteiger partial charge in [-0.3, -0.25) is 0 Å². The third kappa shape index (κ3) is 2.56. The second-order valence-corrected chi connectivity index (χ2v) is 4.71. The predicted molar refractivity (Wildman–Crippen MR) is 77.2 cm³/mol. The Hall–Kier alpha value is -1.81. The minimum atomic E-state index is -1.00. The molecule has 0 aromatic carbocycles. The zero-order valence-electron chi connectivity index (χ0n) is 11.0. The minimum absolute atomic E-state index is 0.0899. The van der Waals surface area contributed by atoms with Gasteiger partial charge in [0, 0.05) is 26.3 Å². The Labute approximate surface area is 121 Å². The quantitative estimate of drug-likeness (QED) is 0.636. The van der Waals surface area contributed by atoms with Gasteiger partial charge in [0.1, 0.15) is 11.5 Å². The molecule has 0 radical (unpaired) electrons. The first-order valence-electron chi connectivity index (χ1n) is 5.97. The number of methoxy groups -OCH3 is 1. The monoisotopic (exact) mass is 294 g/mol. The van der Waals surface area contributed by atoms with Crippen molar-refractivity contribution in [2.75, 3.05) is 19.5 Å². The van der Waals surface area contributed by atoms with Gasteiger partial charge in [-0.1, -0.05) is 5.92 Å². The standard InChI is InChI=1S/C13H15ClN4O2/c1-3-13(8-19,20-2)5-7-18-6-4-9-10(15)16-12(14)17-11(9)18/h1,4,6,19H,5,7-8H2,2H3,(H2,15,16,17). The Morgan fingerprint density at radius 3 is 2.95 bits per heavy atom. The molecule has 0 amide bonds. The first-order chi connectivity index (χ1) is 9.55. The van der Waals surface area contributed by atoms with E-state index in [4.69, 9.17) is 28.5 Å². The van der Waals surface area contributed by atoms with Crippen molar-refractivity contribution in [2.45, 2.75) is 18.6 Å². The molecule has 2 aromatic heterocycles. The zero-order valence-corrected chi connectivity index (χ0v) is 11.8. The SMILES string of the molecule is C#CC(CO)(CCn1ccc2c(N)nc(Cl)nc21)OC. The maximum Gasteiger partial charge on any atom is 0.226 e. The number of hydrogen-bond donors (Lipinski definition) is 2. The highest BCUT2D eigenvalue weighted by atomic mass is 35.5. The zero-order chi connectivity index (χ0) is 14.8. The number of aliphatic hydroxyl groups is 1. The van der Waals surface area contributed by atoms with Crippen LogP contribution in [0, 0.1) is 12.3 Å². The van der Waals surface area contributed by atoms with Crippen LogP contribution in [0.25, 0.3) is 11.0 Å². The van der Waals surface area contributed by atoms with E-state index in [0.29, 0.717) is 24.4 Å². The Bertz CT molecular complexity index is 658. The van der Waals surface area contributed by atoms with Crippen LogP contribution in [-0.2, 0) is 11.3 Å². The molecule has 20 heavy (non-hydrogen) atoms. The van der Waals surface area contributed by atoms with Crippen LogP contribution in [-0.4, -0.2) is 39.0 Å². The summed E-state index contributed by atoms with van der Waals surface area (Å²) in [5.74, 6) is 2.81. The largest absolute Gasteiger partial charge is 0.392 e. The molecule has 0 aliphatic rings. The van der Waals surface area contributed by atoms with Crippen LogP contribution in [0.2, 0.25) is 5.28 Å². The Kier molecular flexibility index (Phi) is 4.14. The lowest BCUT2D eigenvalue weighted by atomic mass is 10.0. The molecule has 0 aliphatic carbocycles. The molecule has 1 atom stereocenters.